The minimum absolute atomic E-state index is 0.0606. The van der Waals surface area contributed by atoms with E-state index < -0.39 is 77.6 Å². The van der Waals surface area contributed by atoms with E-state index in [2.05, 4.69) is 36.6 Å². The summed E-state index contributed by atoms with van der Waals surface area (Å²) in [4.78, 5) is 106. The molecule has 0 spiro atoms. The highest BCUT2D eigenvalue weighted by molar-refractivity contribution is 5.98. The molecular weight excluding hydrogens is 911 g/mol. The van der Waals surface area contributed by atoms with Crippen molar-refractivity contribution in [3.05, 3.63) is 144 Å². The zero-order valence-electron chi connectivity index (χ0n) is 40.7. The Morgan fingerprint density at radius 3 is 1.60 bits per heavy atom. The molecule has 1 aliphatic carbocycles. The molecule has 16 nitrogen and oxygen atoms in total. The number of hydrogen-bond acceptors (Lipinski definition) is 7. The molecule has 0 unspecified atom stereocenters. The summed E-state index contributed by atoms with van der Waals surface area (Å²) in [7, 11) is 0. The summed E-state index contributed by atoms with van der Waals surface area (Å²) in [6.45, 7) is 1.56. The Balaban J connectivity index is 1.04. The Hall–Kier alpha value is -7.75. The molecule has 0 bridgehead atoms. The number of hydrogen-bond donors (Lipinski definition) is 8. The van der Waals surface area contributed by atoms with Gasteiger partial charge in [-0.25, -0.2) is 0 Å². The number of primary amides is 1. The summed E-state index contributed by atoms with van der Waals surface area (Å²) in [5.74, 6) is -3.76. The standard InChI is InChI=1S/C56H65N9O7/c1-35(66)60-46(29-37-18-7-3-8-19-37)52(68)64-49(32-40-34-59-44-25-14-12-23-42(40)44)56(72)65-27-15-26-50(65)55(71)63-47(30-38-20-9-4-10-21-38)53(69)62-48(31-39-33-58-43-24-13-11-22-41(39)43)54(70)61-45(51(57)67)28-36-16-5-2-6-17-36/h2-3,5-8,11-14,16-19,22-25,33-34,38,45-50,58-59H,4,9-10,15,20-21,26-32H2,1H3,(H2,57,67)(H,60,66)(H,61,70)(H,62,69)(H,63,71)(H,64,68)/t45-,46-,47-,48-,49-,50-/m0/s1. The van der Waals surface area contributed by atoms with Crippen LogP contribution in [0.15, 0.2) is 122 Å². The van der Waals surface area contributed by atoms with Gasteiger partial charge >= 0.3 is 0 Å². The summed E-state index contributed by atoms with van der Waals surface area (Å²) in [5.41, 5.74) is 10.7. The first-order chi connectivity index (χ1) is 34.9. The van der Waals surface area contributed by atoms with E-state index in [-0.39, 0.29) is 38.1 Å². The summed E-state index contributed by atoms with van der Waals surface area (Å²) in [6.07, 6.45) is 9.96. The van der Waals surface area contributed by atoms with Crippen molar-refractivity contribution in [1.29, 1.82) is 0 Å². The molecule has 376 valence electrons. The van der Waals surface area contributed by atoms with Gasteiger partial charge in [-0.15, -0.1) is 0 Å². The monoisotopic (exact) mass is 976 g/mol. The largest absolute Gasteiger partial charge is 0.368 e. The molecule has 2 aliphatic rings. The van der Waals surface area contributed by atoms with Crippen molar-refractivity contribution in [2.45, 2.75) is 120 Å². The lowest BCUT2D eigenvalue weighted by Gasteiger charge is -2.32. The molecule has 16 heteroatoms. The number of likely N-dealkylation sites (tertiary alicyclic amines) is 1. The molecule has 1 aliphatic heterocycles. The molecule has 0 radical (unpaired) electrons. The number of nitrogens with one attached hydrogen (secondary N) is 7. The highest BCUT2D eigenvalue weighted by atomic mass is 16.2. The second-order valence-corrected chi connectivity index (χ2v) is 19.3. The molecule has 72 heavy (non-hydrogen) atoms. The van der Waals surface area contributed by atoms with E-state index in [4.69, 9.17) is 5.73 Å². The molecule has 1 saturated heterocycles. The van der Waals surface area contributed by atoms with Crippen LogP contribution in [-0.2, 0) is 59.2 Å². The summed E-state index contributed by atoms with van der Waals surface area (Å²) in [6, 6.07) is 27.3. The number of para-hydroxylation sites is 2. The van der Waals surface area contributed by atoms with E-state index in [0.717, 1.165) is 76.2 Å². The van der Waals surface area contributed by atoms with Crippen LogP contribution in [0.1, 0.15) is 80.5 Å². The Bertz CT molecular complexity index is 2860. The van der Waals surface area contributed by atoms with Gasteiger partial charge in [-0.3, -0.25) is 33.6 Å². The Morgan fingerprint density at radius 1 is 0.542 bits per heavy atom. The lowest BCUT2D eigenvalue weighted by atomic mass is 9.84. The van der Waals surface area contributed by atoms with Crippen molar-refractivity contribution in [2.24, 2.45) is 11.7 Å². The predicted octanol–water partition coefficient (Wildman–Crippen LogP) is 4.81. The first kappa shape index (κ1) is 50.6. The lowest BCUT2D eigenvalue weighted by molar-refractivity contribution is -0.142. The van der Waals surface area contributed by atoms with Gasteiger partial charge in [-0.1, -0.05) is 129 Å². The fourth-order valence-corrected chi connectivity index (χ4v) is 10.4. The van der Waals surface area contributed by atoms with Crippen molar-refractivity contribution in [3.63, 3.8) is 0 Å². The zero-order chi connectivity index (χ0) is 50.6. The minimum atomic E-state index is -1.18. The zero-order valence-corrected chi connectivity index (χ0v) is 40.7. The molecule has 6 aromatic rings. The number of nitrogens with zero attached hydrogens (tertiary/aromatic N) is 1. The minimum Gasteiger partial charge on any atom is -0.368 e. The molecule has 8 rings (SSSR count). The van der Waals surface area contributed by atoms with Gasteiger partial charge in [0.1, 0.15) is 36.3 Å². The van der Waals surface area contributed by atoms with Gasteiger partial charge < -0.3 is 47.2 Å². The van der Waals surface area contributed by atoms with E-state index in [0.29, 0.717) is 19.3 Å². The molecule has 9 N–H and O–H groups in total. The first-order valence-corrected chi connectivity index (χ1v) is 25.2. The molecule has 2 fully saturated rings. The van der Waals surface area contributed by atoms with Crippen LogP contribution in [0.4, 0.5) is 0 Å². The van der Waals surface area contributed by atoms with Crippen molar-refractivity contribution < 1.29 is 33.6 Å². The number of H-pyrrole nitrogens is 2. The molecular formula is C56H65N9O7. The SMILES string of the molecule is CC(=O)N[C@@H](Cc1ccccc1)C(=O)N[C@@H](Cc1c[nH]c2ccccc12)C(=O)N1CCC[C@H]1C(=O)N[C@@H](CC1CCCCC1)C(=O)N[C@@H](Cc1c[nH]c2ccccc12)C(=O)N[C@@H](Cc1ccccc1)C(N)=O. The van der Waals surface area contributed by atoms with Crippen LogP contribution in [0.25, 0.3) is 21.8 Å². The average Bonchev–Trinajstić information content (AvgIpc) is 4.15. The number of aromatic amines is 2. The van der Waals surface area contributed by atoms with Gasteiger partial charge in [0.25, 0.3) is 0 Å². The Labute approximate surface area is 419 Å². The molecule has 7 amide bonds. The van der Waals surface area contributed by atoms with Crippen LogP contribution in [0.5, 0.6) is 0 Å². The average molecular weight is 976 g/mol. The van der Waals surface area contributed by atoms with E-state index in [1.807, 2.05) is 109 Å². The number of benzene rings is 4. The van der Waals surface area contributed by atoms with Gasteiger partial charge in [-0.2, -0.15) is 0 Å². The third-order valence-electron chi connectivity index (χ3n) is 14.1. The van der Waals surface area contributed by atoms with E-state index in [1.54, 1.807) is 12.4 Å². The maximum Gasteiger partial charge on any atom is 0.246 e. The summed E-state index contributed by atoms with van der Waals surface area (Å²) < 4.78 is 0. The summed E-state index contributed by atoms with van der Waals surface area (Å²) >= 11 is 0. The van der Waals surface area contributed by atoms with Gasteiger partial charge in [-0.05, 0) is 59.6 Å². The second-order valence-electron chi connectivity index (χ2n) is 19.3. The normalized spacial score (nSPS) is 17.0. The van der Waals surface area contributed by atoms with Crippen LogP contribution < -0.4 is 32.3 Å². The van der Waals surface area contributed by atoms with E-state index in [1.165, 1.54) is 11.8 Å². The number of carbonyl (C=O) groups is 7. The molecule has 2 aromatic heterocycles. The Kier molecular flexibility index (Phi) is 16.8. The van der Waals surface area contributed by atoms with Crippen LogP contribution >= 0.6 is 0 Å². The highest BCUT2D eigenvalue weighted by Crippen LogP contribution is 2.29. The van der Waals surface area contributed by atoms with Crippen LogP contribution in [0.3, 0.4) is 0 Å². The third-order valence-corrected chi connectivity index (χ3v) is 14.1. The fourth-order valence-electron chi connectivity index (χ4n) is 10.4. The fraction of sp³-hybridized carbons (Fsp3) is 0.375. The van der Waals surface area contributed by atoms with Gasteiger partial charge in [0.05, 0.1) is 0 Å². The Morgan fingerprint density at radius 2 is 1.03 bits per heavy atom. The van der Waals surface area contributed by atoms with Gasteiger partial charge in [0.2, 0.25) is 41.4 Å². The van der Waals surface area contributed by atoms with Crippen molar-refractivity contribution in [1.82, 2.24) is 41.5 Å². The summed E-state index contributed by atoms with van der Waals surface area (Å²) in [5, 5.41) is 16.3. The van der Waals surface area contributed by atoms with Crippen molar-refractivity contribution in [3.8, 4) is 0 Å². The third kappa shape index (κ3) is 13.0. The smallest absolute Gasteiger partial charge is 0.246 e. The van der Waals surface area contributed by atoms with Crippen LogP contribution in [0.2, 0.25) is 0 Å². The van der Waals surface area contributed by atoms with Crippen LogP contribution in [0, 0.1) is 5.92 Å². The number of fused-ring (bicyclic) bond motifs is 2. The van der Waals surface area contributed by atoms with E-state index in [9.17, 15) is 33.6 Å². The number of carbonyl (C=O) groups excluding carboxylic acids is 7. The van der Waals surface area contributed by atoms with Crippen molar-refractivity contribution in [2.75, 3.05) is 6.54 Å². The molecule has 1 saturated carbocycles. The second kappa shape index (κ2) is 23.9. The van der Waals surface area contributed by atoms with Gasteiger partial charge in [0, 0.05) is 73.4 Å². The number of nitrogens with two attached hydrogens (primary N) is 1. The quantitative estimate of drug-likeness (QED) is 0.0500. The molecule has 6 atom stereocenters. The maximum atomic E-state index is 15.0. The number of aromatic nitrogens is 2. The number of amides is 7. The van der Waals surface area contributed by atoms with Crippen LogP contribution in [-0.4, -0.2) is 99.0 Å². The molecule has 3 heterocycles. The lowest BCUT2D eigenvalue weighted by Crippen LogP contribution is -2.60. The van der Waals surface area contributed by atoms with Crippen molar-refractivity contribution >= 4 is 63.2 Å². The maximum absolute atomic E-state index is 15.0. The topological polar surface area (TPSA) is 240 Å². The predicted molar refractivity (Wildman–Crippen MR) is 275 cm³/mol. The number of rotatable bonds is 21. The molecule has 4 aromatic carbocycles. The van der Waals surface area contributed by atoms with Gasteiger partial charge in [0.15, 0.2) is 0 Å². The first-order valence-electron chi connectivity index (χ1n) is 25.2. The van der Waals surface area contributed by atoms with E-state index >= 15 is 0 Å². The highest BCUT2D eigenvalue weighted by Gasteiger charge is 2.41.